The van der Waals surface area contributed by atoms with Gasteiger partial charge in [-0.15, -0.1) is 12.4 Å². The van der Waals surface area contributed by atoms with Gasteiger partial charge in [-0.2, -0.15) is 0 Å². The van der Waals surface area contributed by atoms with E-state index < -0.39 is 0 Å². The van der Waals surface area contributed by atoms with E-state index in [1.807, 2.05) is 0 Å². The van der Waals surface area contributed by atoms with Crippen LogP contribution < -0.4 is 5.32 Å². The third kappa shape index (κ3) is 3.78. The second-order valence-corrected chi connectivity index (χ2v) is 9.62. The molecule has 1 aromatic carbocycles. The summed E-state index contributed by atoms with van der Waals surface area (Å²) in [5.41, 5.74) is 5.62. The molecule has 0 amide bonds. The van der Waals surface area contributed by atoms with Crippen LogP contribution in [0.4, 0.5) is 0 Å². The summed E-state index contributed by atoms with van der Waals surface area (Å²) in [6, 6.07) is 7.98. The second-order valence-electron chi connectivity index (χ2n) is 9.62. The molecule has 2 heteroatoms. The van der Waals surface area contributed by atoms with Crippen LogP contribution in [0.3, 0.4) is 0 Å². The van der Waals surface area contributed by atoms with Crippen molar-refractivity contribution in [3.05, 3.63) is 34.9 Å². The van der Waals surface area contributed by atoms with Gasteiger partial charge in [-0.3, -0.25) is 0 Å². The third-order valence-electron chi connectivity index (χ3n) is 7.08. The number of rotatable bonds is 4. The smallest absolute Gasteiger partial charge is 0.00106 e. The van der Waals surface area contributed by atoms with E-state index in [0.29, 0.717) is 22.8 Å². The molecule has 3 atom stereocenters. The molecule has 1 saturated carbocycles. The Kier molecular flexibility index (Phi) is 6.32. The van der Waals surface area contributed by atoms with Gasteiger partial charge in [0.15, 0.2) is 0 Å². The Bertz CT molecular complexity index is 594. The Hall–Kier alpha value is -0.530. The lowest BCUT2D eigenvalue weighted by Gasteiger charge is -2.56. The number of nitrogens with one attached hydrogen (secondary N) is 1. The highest BCUT2D eigenvalue weighted by Gasteiger charge is 2.51. The van der Waals surface area contributed by atoms with Crippen LogP contribution in [0.2, 0.25) is 0 Å². The predicted octanol–water partition coefficient (Wildman–Crippen LogP) is 6.24. The fourth-order valence-corrected chi connectivity index (χ4v) is 5.65. The molecule has 2 aliphatic rings. The van der Waals surface area contributed by atoms with Gasteiger partial charge >= 0.3 is 0 Å². The van der Waals surface area contributed by atoms with E-state index in [4.69, 9.17) is 0 Å². The van der Waals surface area contributed by atoms with Crippen molar-refractivity contribution in [3.8, 4) is 0 Å². The van der Waals surface area contributed by atoms with Gasteiger partial charge in [0.25, 0.3) is 0 Å². The lowest BCUT2D eigenvalue weighted by molar-refractivity contribution is 0.0246. The molecule has 1 aromatic rings. The van der Waals surface area contributed by atoms with Crippen molar-refractivity contribution in [2.45, 2.75) is 91.0 Å². The van der Waals surface area contributed by atoms with E-state index in [-0.39, 0.29) is 12.4 Å². The number of halogens is 1. The molecule has 1 fully saturated rings. The minimum Gasteiger partial charge on any atom is -0.314 e. The molecule has 2 aliphatic carbocycles. The minimum atomic E-state index is 0. The van der Waals surface area contributed by atoms with Crippen LogP contribution in [0, 0.1) is 11.3 Å². The van der Waals surface area contributed by atoms with Crippen LogP contribution in [-0.2, 0) is 11.8 Å². The van der Waals surface area contributed by atoms with Crippen LogP contribution >= 0.6 is 12.4 Å². The zero-order valence-corrected chi connectivity index (χ0v) is 17.9. The van der Waals surface area contributed by atoms with Crippen molar-refractivity contribution in [2.24, 2.45) is 11.3 Å². The van der Waals surface area contributed by atoms with E-state index in [1.54, 1.807) is 11.1 Å². The SMILES string of the molecule is CC(C)NC[C@]1(C)CCC[C@]2(C)c3ccc(C(C)C)cc3CC[C@@H]12.Cl. The molecular weight excluding hydrogens is 326 g/mol. The Morgan fingerprint density at radius 1 is 1.12 bits per heavy atom. The molecule has 0 bridgehead atoms. The first kappa shape index (κ1) is 20.8. The number of hydrogen-bond donors (Lipinski definition) is 1. The third-order valence-corrected chi connectivity index (χ3v) is 7.08. The summed E-state index contributed by atoms with van der Waals surface area (Å²) in [7, 11) is 0. The molecule has 0 unspecified atom stereocenters. The maximum Gasteiger partial charge on any atom is 0.00106 e. The monoisotopic (exact) mass is 363 g/mol. The van der Waals surface area contributed by atoms with Gasteiger partial charge in [0.1, 0.15) is 0 Å². The quantitative estimate of drug-likeness (QED) is 0.667. The maximum atomic E-state index is 3.75. The lowest BCUT2D eigenvalue weighted by atomic mass is 9.49. The zero-order valence-electron chi connectivity index (χ0n) is 17.1. The molecule has 0 aromatic heterocycles. The Morgan fingerprint density at radius 2 is 1.84 bits per heavy atom. The highest BCUT2D eigenvalue weighted by molar-refractivity contribution is 5.85. The molecule has 1 nitrogen and oxygen atoms in total. The van der Waals surface area contributed by atoms with Crippen LogP contribution in [-0.4, -0.2) is 12.6 Å². The summed E-state index contributed by atoms with van der Waals surface area (Å²) in [5, 5.41) is 3.75. The average Bonchev–Trinajstić information content (AvgIpc) is 2.52. The van der Waals surface area contributed by atoms with E-state index in [9.17, 15) is 0 Å². The molecule has 0 saturated heterocycles. The van der Waals surface area contributed by atoms with Crippen molar-refractivity contribution in [2.75, 3.05) is 6.54 Å². The van der Waals surface area contributed by atoms with Gasteiger partial charge in [0.2, 0.25) is 0 Å². The van der Waals surface area contributed by atoms with Crippen LogP contribution in [0.1, 0.15) is 89.8 Å². The fraction of sp³-hybridized carbons (Fsp3) is 0.739. The summed E-state index contributed by atoms with van der Waals surface area (Å²) in [6.45, 7) is 15.5. The van der Waals surface area contributed by atoms with Gasteiger partial charge < -0.3 is 5.32 Å². The predicted molar refractivity (Wildman–Crippen MR) is 112 cm³/mol. The van der Waals surface area contributed by atoms with E-state index in [0.717, 1.165) is 5.92 Å². The van der Waals surface area contributed by atoms with Gasteiger partial charge in [-0.1, -0.05) is 66.2 Å². The number of aryl methyl sites for hydroxylation is 1. The van der Waals surface area contributed by atoms with E-state index >= 15 is 0 Å². The highest BCUT2D eigenvalue weighted by atomic mass is 35.5. The fourth-order valence-electron chi connectivity index (χ4n) is 5.65. The molecule has 142 valence electrons. The summed E-state index contributed by atoms with van der Waals surface area (Å²) in [6.07, 6.45) is 6.75. The maximum absolute atomic E-state index is 3.75. The van der Waals surface area contributed by atoms with Crippen molar-refractivity contribution >= 4 is 12.4 Å². The second kappa shape index (κ2) is 7.61. The molecule has 0 radical (unpaired) electrons. The summed E-state index contributed by atoms with van der Waals surface area (Å²) < 4.78 is 0. The van der Waals surface area contributed by atoms with Gasteiger partial charge in [0, 0.05) is 12.6 Å². The molecule has 1 N–H and O–H groups in total. The standard InChI is InChI=1S/C23H37N.ClH/c1-16(2)18-8-10-20-19(14-18)9-11-21-22(5,15-24-17(3)4)12-7-13-23(20,21)6;/h8,10,14,16-17,21,24H,7,9,11-13,15H2,1-6H3;1H/t21-,22-,23+;/m0./s1. The van der Waals surface area contributed by atoms with E-state index in [1.165, 1.54) is 44.2 Å². The molecule has 3 rings (SSSR count). The molecule has 25 heavy (non-hydrogen) atoms. The molecule has 0 spiro atoms. The molecular formula is C23H38ClN. The summed E-state index contributed by atoms with van der Waals surface area (Å²) in [4.78, 5) is 0. The normalized spacial score (nSPS) is 31.4. The number of hydrogen-bond acceptors (Lipinski definition) is 1. The zero-order chi connectivity index (χ0) is 17.5. The van der Waals surface area contributed by atoms with Crippen molar-refractivity contribution in [3.63, 3.8) is 0 Å². The lowest BCUT2D eigenvalue weighted by Crippen LogP contribution is -2.53. The minimum absolute atomic E-state index is 0. The highest BCUT2D eigenvalue weighted by Crippen LogP contribution is 2.57. The Balaban J connectivity index is 0.00000225. The van der Waals surface area contributed by atoms with Crippen molar-refractivity contribution < 1.29 is 0 Å². The first-order valence-electron chi connectivity index (χ1n) is 10.1. The largest absolute Gasteiger partial charge is 0.314 e. The summed E-state index contributed by atoms with van der Waals surface area (Å²) >= 11 is 0. The van der Waals surface area contributed by atoms with Gasteiger partial charge in [-0.05, 0) is 65.0 Å². The Labute approximate surface area is 161 Å². The summed E-state index contributed by atoms with van der Waals surface area (Å²) in [5.74, 6) is 1.44. The first-order valence-corrected chi connectivity index (χ1v) is 10.1. The molecule has 0 aliphatic heterocycles. The Morgan fingerprint density at radius 3 is 2.48 bits per heavy atom. The van der Waals surface area contributed by atoms with E-state index in [2.05, 4.69) is 65.1 Å². The first-order chi connectivity index (χ1) is 11.3. The van der Waals surface area contributed by atoms with Gasteiger partial charge in [-0.25, -0.2) is 0 Å². The van der Waals surface area contributed by atoms with Gasteiger partial charge in [0.05, 0.1) is 0 Å². The average molecular weight is 364 g/mol. The number of fused-ring (bicyclic) bond motifs is 3. The van der Waals surface area contributed by atoms with Crippen LogP contribution in [0.15, 0.2) is 18.2 Å². The molecule has 0 heterocycles. The van der Waals surface area contributed by atoms with Crippen LogP contribution in [0.25, 0.3) is 0 Å². The van der Waals surface area contributed by atoms with Crippen molar-refractivity contribution in [1.82, 2.24) is 5.32 Å². The topological polar surface area (TPSA) is 12.0 Å². The number of benzene rings is 1. The van der Waals surface area contributed by atoms with Crippen molar-refractivity contribution in [1.29, 1.82) is 0 Å². The van der Waals surface area contributed by atoms with Crippen LogP contribution in [0.5, 0.6) is 0 Å².